The molecular formula is C92H129N25O19. The van der Waals surface area contributed by atoms with Crippen LogP contribution in [0.15, 0.2) is 10.2 Å². The molecule has 0 unspecified atom stereocenters. The third-order valence-electron chi connectivity index (χ3n) is 33.4. The molecule has 18 aliphatic rings. The topological polar surface area (TPSA) is 506 Å². The highest BCUT2D eigenvalue weighted by Crippen LogP contribution is 2.41. The lowest BCUT2D eigenvalue weighted by Gasteiger charge is -2.38. The van der Waals surface area contributed by atoms with Gasteiger partial charge in [-0.05, 0) is 229 Å². The van der Waals surface area contributed by atoms with Crippen molar-refractivity contribution >= 4 is 112 Å². The standard InChI is InChI=1S/C92H129N25O19/c1-54(118)116-52-55(96-98-94)50-73(116)91(135)114-48-16-32-71(114)89(133)112-46-13-30-69(112)87(131)110-44-11-28-67(110)85(129)108-42-9-26-65(108)83(127)106-40-7-24-63(106)81(125)104-38-5-22-61(104)79(123)102-36-3-20-59(102)77(121)101-35-4-21-60(101)78(122)103-37-6-23-62(103)80(124)105-39-8-25-64(105)82(126)107-41-10-27-66(107)84(128)109-43-12-29-68(109)86(130)111-45-14-31-70(111)88(132)113-47-17-33-72(113)90(134)117-53-56(97-99-95)51-74(117)92(136)115-49-15-19-58(115)76(120)100-34-2-18-57(100)75(93)119/h55-74H,2-53H2,1H3,(H2,93,119)/t55-,56-,57+,58+,59+,60+,61+,62+,63+,64+,65+,66+,67+,68+,69+,70+,71+,72+,73+,74+/m1/s1. The molecule has 0 aromatic heterocycles. The molecule has 0 aromatic carbocycles. The Kier molecular flexibility index (Phi) is 27.9. The monoisotopic (exact) mass is 1890 g/mol. The minimum Gasteiger partial charge on any atom is -0.368 e. The maximum atomic E-state index is 15.2. The molecule has 0 aromatic rings. The van der Waals surface area contributed by atoms with Crippen molar-refractivity contribution in [3.8, 4) is 0 Å². The minimum absolute atomic E-state index is 0.00850. The molecule has 44 nitrogen and oxygen atoms in total. The quantitative estimate of drug-likeness (QED) is 0.0945. The van der Waals surface area contributed by atoms with Crippen molar-refractivity contribution in [2.45, 2.75) is 346 Å². The summed E-state index contributed by atoms with van der Waals surface area (Å²) < 4.78 is 0. The van der Waals surface area contributed by atoms with E-state index in [-0.39, 0.29) is 160 Å². The zero-order valence-corrected chi connectivity index (χ0v) is 77.9. The van der Waals surface area contributed by atoms with Crippen LogP contribution in [-0.2, 0) is 91.1 Å². The third kappa shape index (κ3) is 17.4. The SMILES string of the molecule is CC(=O)N1C[C@H](N=[N+]=[N-])C[C@H]1C(=O)N1CCC[C@H]1C(=O)N1CCC[C@H]1C(=O)N1CCC[C@H]1C(=O)N1CCC[C@H]1C(=O)N1CCC[C@H]1C(=O)N1CCC[C@H]1C(=O)N1CCC[C@H]1C(=O)N1CCC[C@H]1C(=O)N1CCC[C@H]1C(=O)N1CCC[C@H]1C(=O)N1CCC[C@H]1C(=O)N1CCC[C@H]1C(=O)N1CCC[C@H]1C(=O)N1CCC[C@H]1C(=O)N1C[C@H](N=[N+]=[N-])C[C@H]1C(=O)N1CCC[C@H]1C(=O)N1CCC[C@H]1C(N)=O. The van der Waals surface area contributed by atoms with Gasteiger partial charge in [0.25, 0.3) is 0 Å². The van der Waals surface area contributed by atoms with Crippen molar-refractivity contribution in [1.29, 1.82) is 0 Å². The van der Waals surface area contributed by atoms with Gasteiger partial charge >= 0.3 is 0 Å². The van der Waals surface area contributed by atoms with Crippen molar-refractivity contribution in [3.05, 3.63) is 20.9 Å². The van der Waals surface area contributed by atoms with Crippen molar-refractivity contribution in [2.75, 3.05) is 118 Å². The normalized spacial score (nSPS) is 32.9. The van der Waals surface area contributed by atoms with E-state index in [1.54, 1.807) is 19.6 Å². The Morgan fingerprint density at radius 2 is 0.324 bits per heavy atom. The Morgan fingerprint density at radius 3 is 0.471 bits per heavy atom. The number of carbonyl (C=O) groups excluding carboxylic acids is 19. The van der Waals surface area contributed by atoms with Gasteiger partial charge in [0.15, 0.2) is 0 Å². The molecule has 136 heavy (non-hydrogen) atoms. The Balaban J connectivity index is 0.470. The molecule has 0 spiro atoms. The Hall–Kier alpha value is -11.4. The van der Waals surface area contributed by atoms with Gasteiger partial charge in [0, 0.05) is 135 Å². The fourth-order valence-corrected chi connectivity index (χ4v) is 26.9. The predicted octanol–water partition coefficient (Wildman–Crippen LogP) is -0.0928. The Labute approximate surface area is 788 Å². The van der Waals surface area contributed by atoms with Crippen LogP contribution >= 0.6 is 0 Å². The first-order valence-electron chi connectivity index (χ1n) is 50.5. The number of rotatable bonds is 20. The van der Waals surface area contributed by atoms with Gasteiger partial charge in [0.05, 0.1) is 12.1 Å². The fraction of sp³-hybridized carbons (Fsp3) is 0.793. The van der Waals surface area contributed by atoms with Crippen molar-refractivity contribution in [3.63, 3.8) is 0 Å². The number of azide groups is 2. The molecule has 19 amide bonds. The van der Waals surface area contributed by atoms with Crippen molar-refractivity contribution in [1.82, 2.24) is 88.2 Å². The van der Waals surface area contributed by atoms with E-state index in [4.69, 9.17) is 11.3 Å². The molecular weight excluding hydrogens is 1760 g/mol. The Bertz CT molecular complexity index is 4870. The van der Waals surface area contributed by atoms with Crippen LogP contribution < -0.4 is 5.73 Å². The molecule has 736 valence electrons. The first-order chi connectivity index (χ1) is 65.7. The maximum absolute atomic E-state index is 15.2. The van der Waals surface area contributed by atoms with Gasteiger partial charge in [-0.25, -0.2) is 0 Å². The second kappa shape index (κ2) is 39.9. The maximum Gasteiger partial charge on any atom is 0.246 e. The highest BCUT2D eigenvalue weighted by molar-refractivity contribution is 6.04. The molecule has 44 heteroatoms. The van der Waals surface area contributed by atoms with Crippen LogP contribution in [0.5, 0.6) is 0 Å². The lowest BCUT2D eigenvalue weighted by Crippen LogP contribution is -2.60. The second-order valence-corrected chi connectivity index (χ2v) is 40.8. The van der Waals surface area contributed by atoms with Crippen molar-refractivity contribution < 1.29 is 91.1 Å². The van der Waals surface area contributed by atoms with Crippen LogP contribution in [0.1, 0.15) is 225 Å². The summed E-state index contributed by atoms with van der Waals surface area (Å²) in [4.78, 5) is 311. The summed E-state index contributed by atoms with van der Waals surface area (Å²) in [7, 11) is 0. The molecule has 20 atom stereocenters. The van der Waals surface area contributed by atoms with Crippen LogP contribution in [0.2, 0.25) is 0 Å². The number of hydrogen-bond acceptors (Lipinski definition) is 21. The van der Waals surface area contributed by atoms with E-state index in [0.29, 0.717) is 206 Å². The fourth-order valence-electron chi connectivity index (χ4n) is 26.9. The lowest BCUT2D eigenvalue weighted by atomic mass is 10.1. The van der Waals surface area contributed by atoms with E-state index in [1.165, 1.54) is 75.5 Å². The summed E-state index contributed by atoms with van der Waals surface area (Å²) in [5, 5.41) is 7.67. The van der Waals surface area contributed by atoms with E-state index in [1.807, 2.05) is 0 Å². The summed E-state index contributed by atoms with van der Waals surface area (Å²) in [6.45, 7) is 5.10. The summed E-state index contributed by atoms with van der Waals surface area (Å²) >= 11 is 0. The minimum atomic E-state index is -1.12. The van der Waals surface area contributed by atoms with Crippen LogP contribution in [0.4, 0.5) is 0 Å². The van der Waals surface area contributed by atoms with Gasteiger partial charge in [-0.3, -0.25) is 91.1 Å². The average molecular weight is 1890 g/mol. The molecule has 0 bridgehead atoms. The number of nitrogens with two attached hydrogens (primary N) is 1. The molecule has 18 aliphatic heterocycles. The number of amides is 19. The van der Waals surface area contributed by atoms with Crippen molar-refractivity contribution in [2.24, 2.45) is 16.0 Å². The Morgan fingerprint density at radius 1 is 0.199 bits per heavy atom. The summed E-state index contributed by atoms with van der Waals surface area (Å²) in [5.41, 5.74) is 24.3. The first kappa shape index (κ1) is 94.9. The number of likely N-dealkylation sites (tertiary alicyclic amines) is 18. The van der Waals surface area contributed by atoms with E-state index >= 15 is 47.9 Å². The van der Waals surface area contributed by atoms with Crippen LogP contribution in [-0.4, -0.2) is 439 Å². The van der Waals surface area contributed by atoms with Gasteiger partial charge in [0.2, 0.25) is 112 Å². The van der Waals surface area contributed by atoms with E-state index in [0.717, 1.165) is 0 Å². The zero-order chi connectivity index (χ0) is 95.5. The van der Waals surface area contributed by atoms with E-state index < -0.39 is 204 Å². The van der Waals surface area contributed by atoms with Crippen LogP contribution in [0, 0.1) is 0 Å². The van der Waals surface area contributed by atoms with Gasteiger partial charge in [-0.15, -0.1) is 0 Å². The largest absolute Gasteiger partial charge is 0.368 e. The lowest BCUT2D eigenvalue weighted by molar-refractivity contribution is -0.156. The molecule has 0 radical (unpaired) electrons. The molecule has 18 saturated heterocycles. The van der Waals surface area contributed by atoms with Crippen LogP contribution in [0.3, 0.4) is 0 Å². The number of carbonyl (C=O) groups is 19. The number of hydrogen-bond donors (Lipinski definition) is 1. The smallest absolute Gasteiger partial charge is 0.246 e. The highest BCUT2D eigenvalue weighted by atomic mass is 16.2. The average Bonchev–Trinajstić information content (AvgIpc) is 1.62. The summed E-state index contributed by atoms with van der Waals surface area (Å²) in [5.74, 6) is -8.05. The summed E-state index contributed by atoms with van der Waals surface area (Å²) in [6.07, 6.45) is 13.1. The zero-order valence-electron chi connectivity index (χ0n) is 77.9. The predicted molar refractivity (Wildman–Crippen MR) is 477 cm³/mol. The highest BCUT2D eigenvalue weighted by Gasteiger charge is 2.58. The molecule has 2 N–H and O–H groups in total. The van der Waals surface area contributed by atoms with E-state index in [9.17, 15) is 48.7 Å². The van der Waals surface area contributed by atoms with Gasteiger partial charge in [0.1, 0.15) is 109 Å². The van der Waals surface area contributed by atoms with Gasteiger partial charge in [-0.2, -0.15) is 0 Å². The second-order valence-electron chi connectivity index (χ2n) is 40.8. The van der Waals surface area contributed by atoms with Crippen LogP contribution in [0.25, 0.3) is 20.9 Å². The molecule has 18 rings (SSSR count). The third-order valence-corrected chi connectivity index (χ3v) is 33.4. The molecule has 18 fully saturated rings. The molecule has 18 heterocycles. The van der Waals surface area contributed by atoms with Gasteiger partial charge < -0.3 is 93.9 Å². The van der Waals surface area contributed by atoms with Gasteiger partial charge in [-0.1, -0.05) is 10.2 Å². The molecule has 0 saturated carbocycles. The number of primary amides is 1. The first-order valence-corrected chi connectivity index (χ1v) is 50.5. The summed E-state index contributed by atoms with van der Waals surface area (Å²) in [6, 6.07) is -18.3. The van der Waals surface area contributed by atoms with E-state index in [2.05, 4.69) is 20.1 Å². The molecule has 0 aliphatic carbocycles. The number of nitrogens with zero attached hydrogens (tertiary/aromatic N) is 24.